The molecule has 138 valence electrons. The third kappa shape index (κ3) is 3.21. The molecule has 1 atom stereocenters. The van der Waals surface area contributed by atoms with Crippen molar-refractivity contribution in [3.8, 4) is 23.0 Å². The Labute approximate surface area is 155 Å². The molecular weight excluding hydrogens is 348 g/mol. The van der Waals surface area contributed by atoms with Crippen LogP contribution in [0.3, 0.4) is 0 Å². The molecule has 1 fully saturated rings. The maximum Gasteiger partial charge on any atom is 0.232 e. The average Bonchev–Trinajstić information content (AvgIpc) is 3.35. The summed E-state index contributed by atoms with van der Waals surface area (Å²) in [7, 11) is 3.15. The van der Waals surface area contributed by atoms with Gasteiger partial charge in [0.15, 0.2) is 0 Å². The lowest BCUT2D eigenvalue weighted by atomic mass is 10.1. The number of carbonyl (C=O) groups excluding carboxylic acids is 1. The van der Waals surface area contributed by atoms with Gasteiger partial charge in [-0.1, -0.05) is 11.2 Å². The summed E-state index contributed by atoms with van der Waals surface area (Å²) in [5.41, 5.74) is 1.29. The molecule has 0 unspecified atom stereocenters. The molecule has 1 aliphatic heterocycles. The predicted molar refractivity (Wildman–Crippen MR) is 96.8 cm³/mol. The first-order chi connectivity index (χ1) is 13.2. The molecule has 2 aromatic heterocycles. The van der Waals surface area contributed by atoms with Crippen LogP contribution in [0, 0.1) is 0 Å². The van der Waals surface area contributed by atoms with Crippen LogP contribution in [-0.2, 0) is 4.79 Å². The minimum absolute atomic E-state index is 0.0378. The van der Waals surface area contributed by atoms with Crippen molar-refractivity contribution in [1.82, 2.24) is 15.1 Å². The SMILES string of the molecule is COc1ccc(OC)c(N2C[C@H](c3nc(-c4ccccn4)no3)CC2=O)c1. The number of nitrogens with zero attached hydrogens (tertiary/aromatic N) is 4. The number of hydrogen-bond acceptors (Lipinski definition) is 7. The van der Waals surface area contributed by atoms with E-state index in [1.807, 2.05) is 18.2 Å². The second-order valence-electron chi connectivity index (χ2n) is 6.11. The highest BCUT2D eigenvalue weighted by molar-refractivity contribution is 5.98. The van der Waals surface area contributed by atoms with E-state index in [2.05, 4.69) is 15.1 Å². The van der Waals surface area contributed by atoms with E-state index in [1.165, 1.54) is 0 Å². The Bertz CT molecular complexity index is 957. The maximum atomic E-state index is 12.6. The number of anilines is 1. The van der Waals surface area contributed by atoms with Crippen molar-refractivity contribution in [2.45, 2.75) is 12.3 Å². The highest BCUT2D eigenvalue weighted by Gasteiger charge is 2.36. The van der Waals surface area contributed by atoms with Gasteiger partial charge in [-0.3, -0.25) is 9.78 Å². The van der Waals surface area contributed by atoms with Gasteiger partial charge in [-0.15, -0.1) is 0 Å². The molecule has 1 aromatic carbocycles. The van der Waals surface area contributed by atoms with Crippen LogP contribution in [-0.4, -0.2) is 41.8 Å². The molecule has 0 aliphatic carbocycles. The molecule has 1 amide bonds. The van der Waals surface area contributed by atoms with Crippen LogP contribution >= 0.6 is 0 Å². The van der Waals surface area contributed by atoms with Gasteiger partial charge in [0.1, 0.15) is 17.2 Å². The Balaban J connectivity index is 1.59. The molecule has 1 aliphatic rings. The van der Waals surface area contributed by atoms with Gasteiger partial charge >= 0.3 is 0 Å². The van der Waals surface area contributed by atoms with E-state index in [1.54, 1.807) is 43.5 Å². The number of methoxy groups -OCH3 is 2. The van der Waals surface area contributed by atoms with Crippen molar-refractivity contribution in [2.75, 3.05) is 25.7 Å². The van der Waals surface area contributed by atoms with Crippen LogP contribution in [0.4, 0.5) is 5.69 Å². The lowest BCUT2D eigenvalue weighted by molar-refractivity contribution is -0.117. The molecule has 3 aromatic rings. The molecule has 0 spiro atoms. The molecule has 4 rings (SSSR count). The summed E-state index contributed by atoms with van der Waals surface area (Å²) in [6.07, 6.45) is 1.95. The molecule has 8 heteroatoms. The van der Waals surface area contributed by atoms with Gasteiger partial charge in [-0.2, -0.15) is 4.98 Å². The standard InChI is InChI=1S/C19H18N4O4/c1-25-13-6-7-16(26-2)15(10-13)23-11-12(9-17(23)24)19-21-18(22-27-19)14-5-3-4-8-20-14/h3-8,10,12H,9,11H2,1-2H3/t12-/m1/s1. The summed E-state index contributed by atoms with van der Waals surface area (Å²) >= 11 is 0. The van der Waals surface area contributed by atoms with Crippen molar-refractivity contribution in [3.05, 3.63) is 48.5 Å². The second kappa shape index (κ2) is 7.06. The molecule has 3 heterocycles. The van der Waals surface area contributed by atoms with E-state index in [-0.39, 0.29) is 18.2 Å². The lowest BCUT2D eigenvalue weighted by Crippen LogP contribution is -2.24. The van der Waals surface area contributed by atoms with Crippen LogP contribution in [0.5, 0.6) is 11.5 Å². The van der Waals surface area contributed by atoms with Gasteiger partial charge in [0.2, 0.25) is 17.6 Å². The van der Waals surface area contributed by atoms with Gasteiger partial charge in [-0.05, 0) is 24.3 Å². The van der Waals surface area contributed by atoms with Crippen LogP contribution < -0.4 is 14.4 Å². The van der Waals surface area contributed by atoms with Gasteiger partial charge in [0, 0.05) is 25.2 Å². The van der Waals surface area contributed by atoms with E-state index in [4.69, 9.17) is 14.0 Å². The zero-order chi connectivity index (χ0) is 18.8. The molecule has 0 N–H and O–H groups in total. The normalized spacial score (nSPS) is 16.6. The zero-order valence-corrected chi connectivity index (χ0v) is 15.0. The summed E-state index contributed by atoms with van der Waals surface area (Å²) < 4.78 is 16.1. The van der Waals surface area contributed by atoms with E-state index in [0.29, 0.717) is 41.1 Å². The van der Waals surface area contributed by atoms with Crippen LogP contribution in [0.25, 0.3) is 11.5 Å². The lowest BCUT2D eigenvalue weighted by Gasteiger charge is -2.20. The number of ether oxygens (including phenoxy) is 2. The quantitative estimate of drug-likeness (QED) is 0.685. The monoisotopic (exact) mass is 366 g/mol. The minimum Gasteiger partial charge on any atom is -0.497 e. The fraction of sp³-hybridized carbons (Fsp3) is 0.263. The van der Waals surface area contributed by atoms with Crippen molar-refractivity contribution in [3.63, 3.8) is 0 Å². The van der Waals surface area contributed by atoms with E-state index >= 15 is 0 Å². The first-order valence-electron chi connectivity index (χ1n) is 8.47. The number of benzene rings is 1. The smallest absolute Gasteiger partial charge is 0.232 e. The summed E-state index contributed by atoms with van der Waals surface area (Å²) in [5, 5.41) is 3.99. The topological polar surface area (TPSA) is 90.6 Å². The molecule has 1 saturated heterocycles. The van der Waals surface area contributed by atoms with Crippen LogP contribution in [0.2, 0.25) is 0 Å². The largest absolute Gasteiger partial charge is 0.497 e. The summed E-state index contributed by atoms with van der Waals surface area (Å²) in [6, 6.07) is 10.8. The number of pyridine rings is 1. The van der Waals surface area contributed by atoms with Gasteiger partial charge in [0.05, 0.1) is 25.8 Å². The first-order valence-corrected chi connectivity index (χ1v) is 8.47. The fourth-order valence-electron chi connectivity index (χ4n) is 3.11. The summed E-state index contributed by atoms with van der Waals surface area (Å²) in [6.45, 7) is 0.423. The number of aromatic nitrogens is 3. The predicted octanol–water partition coefficient (Wildman–Crippen LogP) is 2.67. The Morgan fingerprint density at radius 1 is 1.19 bits per heavy atom. The Morgan fingerprint density at radius 2 is 2.07 bits per heavy atom. The molecule has 0 saturated carbocycles. The Hall–Kier alpha value is -3.42. The van der Waals surface area contributed by atoms with Crippen LogP contribution in [0.1, 0.15) is 18.2 Å². The third-order valence-electron chi connectivity index (χ3n) is 4.49. The zero-order valence-electron chi connectivity index (χ0n) is 15.0. The number of carbonyl (C=O) groups is 1. The number of rotatable bonds is 5. The van der Waals surface area contributed by atoms with Gasteiger partial charge in [-0.25, -0.2) is 0 Å². The van der Waals surface area contributed by atoms with Crippen molar-refractivity contribution in [1.29, 1.82) is 0 Å². The fourth-order valence-corrected chi connectivity index (χ4v) is 3.11. The second-order valence-corrected chi connectivity index (χ2v) is 6.11. The van der Waals surface area contributed by atoms with Crippen LogP contribution in [0.15, 0.2) is 47.1 Å². The van der Waals surface area contributed by atoms with Crippen molar-refractivity contribution >= 4 is 11.6 Å². The van der Waals surface area contributed by atoms with E-state index < -0.39 is 0 Å². The summed E-state index contributed by atoms with van der Waals surface area (Å²) in [5.74, 6) is 1.85. The number of amides is 1. The maximum absolute atomic E-state index is 12.6. The molecule has 0 radical (unpaired) electrons. The highest BCUT2D eigenvalue weighted by Crippen LogP contribution is 2.38. The van der Waals surface area contributed by atoms with E-state index in [9.17, 15) is 4.79 Å². The molecule has 8 nitrogen and oxygen atoms in total. The average molecular weight is 366 g/mol. The minimum atomic E-state index is -0.196. The number of hydrogen-bond donors (Lipinski definition) is 0. The Kier molecular flexibility index (Phi) is 4.45. The van der Waals surface area contributed by atoms with Crippen molar-refractivity contribution in [2.24, 2.45) is 0 Å². The molecule has 0 bridgehead atoms. The molecule has 27 heavy (non-hydrogen) atoms. The van der Waals surface area contributed by atoms with Gasteiger partial charge < -0.3 is 18.9 Å². The highest BCUT2D eigenvalue weighted by atomic mass is 16.5. The molecular formula is C19H18N4O4. The third-order valence-corrected chi connectivity index (χ3v) is 4.49. The van der Waals surface area contributed by atoms with Crippen molar-refractivity contribution < 1.29 is 18.8 Å². The Morgan fingerprint density at radius 3 is 2.81 bits per heavy atom. The first kappa shape index (κ1) is 17.0. The van der Waals surface area contributed by atoms with Gasteiger partial charge in [0.25, 0.3) is 0 Å². The summed E-state index contributed by atoms with van der Waals surface area (Å²) in [4.78, 5) is 22.9. The van der Waals surface area contributed by atoms with E-state index in [0.717, 1.165) is 0 Å².